The maximum atomic E-state index is 4.92. The Morgan fingerprint density at radius 2 is 0.881 bits per heavy atom. The molecule has 4 aromatic rings. The molecule has 4 heterocycles. The van der Waals surface area contributed by atoms with Gasteiger partial charge in [0.2, 0.25) is 0 Å². The molecule has 4 rings (SSSR count). The molecule has 0 spiro atoms. The minimum absolute atomic E-state index is 0.00522. The van der Waals surface area contributed by atoms with E-state index in [1.807, 2.05) is 4.68 Å². The van der Waals surface area contributed by atoms with Gasteiger partial charge < -0.3 is 4.57 Å². The van der Waals surface area contributed by atoms with Crippen LogP contribution in [0, 0.1) is 0 Å². The molecule has 4 aromatic heterocycles. The van der Waals surface area contributed by atoms with Crippen LogP contribution in [0.4, 0.5) is 0 Å². The summed E-state index contributed by atoms with van der Waals surface area (Å²) in [5.74, 6) is 0. The van der Waals surface area contributed by atoms with Crippen molar-refractivity contribution in [2.45, 2.75) is 157 Å². The average Bonchev–Trinajstić information content (AvgIpc) is 3.37. The van der Waals surface area contributed by atoms with Crippen LogP contribution in [0.1, 0.15) is 147 Å². The first kappa shape index (κ1) is 33.7. The summed E-state index contributed by atoms with van der Waals surface area (Å²) < 4.78 is 4.33. The fourth-order valence-corrected chi connectivity index (χ4v) is 5.22. The van der Waals surface area contributed by atoms with E-state index in [0.29, 0.717) is 0 Å². The van der Waals surface area contributed by atoms with Gasteiger partial charge in [0.25, 0.3) is 0 Å². The van der Waals surface area contributed by atoms with Crippen molar-refractivity contribution in [2.24, 2.45) is 0 Å². The van der Waals surface area contributed by atoms with Crippen molar-refractivity contribution in [2.75, 3.05) is 0 Å². The zero-order chi connectivity index (χ0) is 32.4. The molecule has 0 aliphatic heterocycles. The highest BCUT2D eigenvalue weighted by Gasteiger charge is 2.33. The van der Waals surface area contributed by atoms with Crippen molar-refractivity contribution >= 4 is 22.1 Å². The number of hydrogen-bond donors (Lipinski definition) is 0. The zero-order valence-corrected chi connectivity index (χ0v) is 29.9. The van der Waals surface area contributed by atoms with Gasteiger partial charge in [0.1, 0.15) is 18.3 Å². The van der Waals surface area contributed by atoms with E-state index in [-0.39, 0.29) is 32.7 Å². The predicted molar refractivity (Wildman–Crippen MR) is 178 cm³/mol. The van der Waals surface area contributed by atoms with E-state index < -0.39 is 0 Å². The normalized spacial score (nSPS) is 14.0. The summed E-state index contributed by atoms with van der Waals surface area (Å²) in [5, 5.41) is 7.27. The van der Waals surface area contributed by atoms with Crippen LogP contribution < -0.4 is 0 Å². The van der Waals surface area contributed by atoms with Crippen LogP contribution in [0.5, 0.6) is 0 Å². The van der Waals surface area contributed by atoms with Crippen LogP contribution >= 0.6 is 0 Å². The maximum absolute atomic E-state index is 4.92. The molecule has 0 aliphatic carbocycles. The van der Waals surface area contributed by atoms with Crippen molar-refractivity contribution in [1.82, 2.24) is 34.3 Å². The standard InChI is InChI=1S/C18H29N3.C17H28N4/c1-16(2,3)12-10-21(18(7,8)9)15-13(12)14(17(4,5)6)19-11-20-15;1-15(2,3)12-11-13(16(4,5)6)20-21(17(7,8)9)14(11)19-10-18-12/h10-11H,1-9H3;10H,1-9H3. The summed E-state index contributed by atoms with van der Waals surface area (Å²) in [6.07, 6.45) is 5.64. The predicted octanol–water partition coefficient (Wildman–Crippen LogP) is 8.96. The van der Waals surface area contributed by atoms with Crippen molar-refractivity contribution in [3.8, 4) is 0 Å². The lowest BCUT2D eigenvalue weighted by molar-refractivity contribution is 0.357. The number of hydrogen-bond acceptors (Lipinski definition) is 5. The number of rotatable bonds is 0. The van der Waals surface area contributed by atoms with E-state index in [1.54, 1.807) is 12.7 Å². The second-order valence-corrected chi connectivity index (χ2v) is 17.9. The van der Waals surface area contributed by atoms with Gasteiger partial charge in [-0.25, -0.2) is 24.6 Å². The highest BCUT2D eigenvalue weighted by Crippen LogP contribution is 2.39. The van der Waals surface area contributed by atoms with Gasteiger partial charge in [-0.15, -0.1) is 0 Å². The van der Waals surface area contributed by atoms with Crippen LogP contribution in [-0.2, 0) is 32.7 Å². The first-order valence-electron chi connectivity index (χ1n) is 15.3. The lowest BCUT2D eigenvalue weighted by Crippen LogP contribution is -2.24. The summed E-state index contributed by atoms with van der Waals surface area (Å²) >= 11 is 0. The average molecular weight is 576 g/mol. The monoisotopic (exact) mass is 575 g/mol. The Hall–Kier alpha value is -2.83. The Kier molecular flexibility index (Phi) is 8.35. The molecule has 0 N–H and O–H groups in total. The Morgan fingerprint density at radius 3 is 1.26 bits per heavy atom. The van der Waals surface area contributed by atoms with Gasteiger partial charge in [0, 0.05) is 33.4 Å². The topological polar surface area (TPSA) is 74.3 Å². The van der Waals surface area contributed by atoms with E-state index in [4.69, 9.17) is 5.10 Å². The highest BCUT2D eigenvalue weighted by atomic mass is 15.3. The molecule has 0 unspecified atom stereocenters. The second kappa shape index (κ2) is 10.4. The van der Waals surface area contributed by atoms with Gasteiger partial charge in [0.15, 0.2) is 5.65 Å². The van der Waals surface area contributed by atoms with E-state index in [1.165, 1.54) is 10.9 Å². The van der Waals surface area contributed by atoms with Gasteiger partial charge in [0.05, 0.1) is 28.0 Å². The van der Waals surface area contributed by atoms with Gasteiger partial charge in [-0.1, -0.05) is 83.1 Å². The Balaban J connectivity index is 0.000000230. The van der Waals surface area contributed by atoms with Gasteiger partial charge in [-0.2, -0.15) is 5.10 Å². The molecule has 0 aromatic carbocycles. The van der Waals surface area contributed by atoms with Gasteiger partial charge >= 0.3 is 0 Å². The summed E-state index contributed by atoms with van der Waals surface area (Å²) in [5.41, 5.74) is 6.51. The summed E-state index contributed by atoms with van der Waals surface area (Å²) in [4.78, 5) is 18.4. The van der Waals surface area contributed by atoms with Crippen molar-refractivity contribution in [1.29, 1.82) is 0 Å². The summed E-state index contributed by atoms with van der Waals surface area (Å²) in [6.45, 7) is 39.7. The smallest absolute Gasteiger partial charge is 0.162 e. The molecular formula is C35H57N7. The van der Waals surface area contributed by atoms with Crippen molar-refractivity contribution in [3.63, 3.8) is 0 Å². The first-order valence-corrected chi connectivity index (χ1v) is 15.3. The highest BCUT2D eigenvalue weighted by molar-refractivity contribution is 5.85. The van der Waals surface area contributed by atoms with E-state index in [0.717, 1.165) is 33.8 Å². The number of fused-ring (bicyclic) bond motifs is 2. The molecule has 0 aliphatic rings. The summed E-state index contributed by atoms with van der Waals surface area (Å²) in [7, 11) is 0. The van der Waals surface area contributed by atoms with Gasteiger partial charge in [-0.3, -0.25) is 0 Å². The van der Waals surface area contributed by atoms with Crippen LogP contribution in [-0.4, -0.2) is 34.3 Å². The fraction of sp³-hybridized carbons (Fsp3) is 0.686. The molecule has 42 heavy (non-hydrogen) atoms. The molecule has 0 radical (unpaired) electrons. The fourth-order valence-electron chi connectivity index (χ4n) is 5.22. The Morgan fingerprint density at radius 1 is 0.452 bits per heavy atom. The Bertz CT molecular complexity index is 1440. The molecule has 0 atom stereocenters. The third-order valence-corrected chi connectivity index (χ3v) is 7.35. The third-order valence-electron chi connectivity index (χ3n) is 7.35. The van der Waals surface area contributed by atoms with Crippen LogP contribution in [0.2, 0.25) is 0 Å². The van der Waals surface area contributed by atoms with Crippen molar-refractivity contribution in [3.05, 3.63) is 41.5 Å². The zero-order valence-electron chi connectivity index (χ0n) is 29.9. The lowest BCUT2D eigenvalue weighted by Gasteiger charge is -2.23. The Labute approximate surface area is 255 Å². The molecular weight excluding hydrogens is 518 g/mol. The molecule has 232 valence electrons. The maximum Gasteiger partial charge on any atom is 0.162 e. The largest absolute Gasteiger partial charge is 0.327 e. The molecule has 7 heteroatoms. The van der Waals surface area contributed by atoms with Gasteiger partial charge in [-0.05, 0) is 52.5 Å². The van der Waals surface area contributed by atoms with Crippen LogP contribution in [0.25, 0.3) is 22.1 Å². The lowest BCUT2D eigenvalue weighted by atomic mass is 9.82. The quantitative estimate of drug-likeness (QED) is 0.209. The van der Waals surface area contributed by atoms with E-state index in [2.05, 4.69) is 155 Å². The molecule has 7 nitrogen and oxygen atoms in total. The molecule has 0 bridgehead atoms. The number of aromatic nitrogens is 7. The SMILES string of the molecule is CC(C)(C)c1cn(C(C)(C)C)c2ncnc(C(C)(C)C)c12.CC(C)(C)c1ncnc2c1c(C(C)(C)C)nn2C(C)(C)C. The van der Waals surface area contributed by atoms with Crippen LogP contribution in [0.15, 0.2) is 18.9 Å². The second-order valence-electron chi connectivity index (χ2n) is 17.9. The van der Waals surface area contributed by atoms with E-state index >= 15 is 0 Å². The molecule has 0 amide bonds. The minimum atomic E-state index is -0.106. The number of nitrogens with zero attached hydrogens (tertiary/aromatic N) is 7. The van der Waals surface area contributed by atoms with Crippen LogP contribution in [0.3, 0.4) is 0 Å². The minimum Gasteiger partial charge on any atom is -0.327 e. The van der Waals surface area contributed by atoms with Crippen molar-refractivity contribution < 1.29 is 0 Å². The molecule has 0 saturated carbocycles. The van der Waals surface area contributed by atoms with E-state index in [9.17, 15) is 0 Å². The molecule has 0 fully saturated rings. The summed E-state index contributed by atoms with van der Waals surface area (Å²) in [6, 6.07) is 0. The molecule has 0 saturated heterocycles. The third kappa shape index (κ3) is 6.70. The first-order chi connectivity index (χ1) is 18.7.